The minimum absolute atomic E-state index is 0.0153. The molecule has 3 N–H and O–H groups in total. The van der Waals surface area contributed by atoms with Crippen LogP contribution in [0.5, 0.6) is 0 Å². The van der Waals surface area contributed by atoms with Crippen LogP contribution in [0.2, 0.25) is 0 Å². The number of hydrogen-bond donors (Lipinski definition) is 2. The van der Waals surface area contributed by atoms with E-state index < -0.39 is 0 Å². The fraction of sp³-hybridized carbons (Fsp3) is 0.520. The van der Waals surface area contributed by atoms with Gasteiger partial charge in [0.1, 0.15) is 11.2 Å². The second-order valence-corrected chi connectivity index (χ2v) is 10.6. The highest BCUT2D eigenvalue weighted by Gasteiger charge is 2.42. The Hall–Kier alpha value is -2.60. The third kappa shape index (κ3) is 4.40. The number of nitrogens with two attached hydrogens (primary N) is 1. The molecule has 0 unspecified atom stereocenters. The summed E-state index contributed by atoms with van der Waals surface area (Å²) in [5, 5.41) is 7.49. The molecule has 166 valence electrons. The SMILES string of the molecule is Cc1coc2cc3oc(=O)c(CCC(=O)NC4CC(C)(C)[NH2+]C(C)(C)C4)c(C)c3cc12. The van der Waals surface area contributed by atoms with E-state index in [2.05, 4.69) is 38.3 Å². The van der Waals surface area contributed by atoms with Gasteiger partial charge in [0.15, 0.2) is 0 Å². The van der Waals surface area contributed by atoms with Gasteiger partial charge in [-0.15, -0.1) is 0 Å². The molecule has 4 rings (SSSR count). The smallest absolute Gasteiger partial charge is 0.339 e. The average molecular weight is 426 g/mol. The van der Waals surface area contributed by atoms with E-state index in [0.717, 1.165) is 34.7 Å². The molecule has 0 bridgehead atoms. The van der Waals surface area contributed by atoms with E-state index in [4.69, 9.17) is 8.83 Å². The van der Waals surface area contributed by atoms with Crippen molar-refractivity contribution in [1.29, 1.82) is 0 Å². The van der Waals surface area contributed by atoms with E-state index in [1.165, 1.54) is 0 Å². The lowest BCUT2D eigenvalue weighted by atomic mass is 9.79. The summed E-state index contributed by atoms with van der Waals surface area (Å²) in [7, 11) is 0. The minimum atomic E-state index is -0.380. The van der Waals surface area contributed by atoms with Crippen molar-refractivity contribution in [1.82, 2.24) is 5.32 Å². The first kappa shape index (κ1) is 21.6. The van der Waals surface area contributed by atoms with E-state index in [1.807, 2.05) is 19.9 Å². The molecule has 0 atom stereocenters. The van der Waals surface area contributed by atoms with Gasteiger partial charge in [-0.25, -0.2) is 4.79 Å². The standard InChI is InChI=1S/C25H32N2O4/c1-14-13-30-20-10-21-19(9-18(14)20)15(2)17(23(29)31-21)7-8-22(28)26-16-11-24(3,4)27-25(5,6)12-16/h9-10,13,16,27H,7-8,11-12H2,1-6H3,(H,26,28)/p+1. The van der Waals surface area contributed by atoms with Crippen LogP contribution in [0.1, 0.15) is 63.6 Å². The van der Waals surface area contributed by atoms with Crippen LogP contribution >= 0.6 is 0 Å². The van der Waals surface area contributed by atoms with E-state index >= 15 is 0 Å². The maximum Gasteiger partial charge on any atom is 0.339 e. The summed E-state index contributed by atoms with van der Waals surface area (Å²) >= 11 is 0. The van der Waals surface area contributed by atoms with Crippen molar-refractivity contribution in [2.75, 3.05) is 0 Å². The number of fused-ring (bicyclic) bond motifs is 2. The van der Waals surface area contributed by atoms with Crippen LogP contribution in [0.25, 0.3) is 21.9 Å². The summed E-state index contributed by atoms with van der Waals surface area (Å²) in [4.78, 5) is 25.3. The first-order chi connectivity index (χ1) is 14.4. The number of quaternary nitrogens is 1. The lowest BCUT2D eigenvalue weighted by Crippen LogP contribution is -3.06. The lowest BCUT2D eigenvalue weighted by Gasteiger charge is -2.43. The molecule has 6 nitrogen and oxygen atoms in total. The number of furan rings is 1. The van der Waals surface area contributed by atoms with Crippen molar-refractivity contribution in [2.45, 2.75) is 84.3 Å². The fourth-order valence-electron chi connectivity index (χ4n) is 5.48. The summed E-state index contributed by atoms with van der Waals surface area (Å²) < 4.78 is 11.1. The molecule has 3 heterocycles. The number of benzene rings is 1. The van der Waals surface area contributed by atoms with E-state index in [-0.39, 0.29) is 35.1 Å². The molecule has 2 aromatic heterocycles. The zero-order chi connectivity index (χ0) is 22.6. The maximum atomic E-state index is 12.7. The zero-order valence-corrected chi connectivity index (χ0v) is 19.3. The Morgan fingerprint density at radius 1 is 1.10 bits per heavy atom. The van der Waals surface area contributed by atoms with Gasteiger partial charge in [0.2, 0.25) is 5.91 Å². The van der Waals surface area contributed by atoms with Crippen molar-refractivity contribution in [3.8, 4) is 0 Å². The zero-order valence-electron chi connectivity index (χ0n) is 19.3. The molecular weight excluding hydrogens is 392 g/mol. The lowest BCUT2D eigenvalue weighted by molar-refractivity contribution is -0.787. The molecule has 0 spiro atoms. The predicted molar refractivity (Wildman–Crippen MR) is 121 cm³/mol. The average Bonchev–Trinajstić information content (AvgIpc) is 2.97. The topological polar surface area (TPSA) is 89.1 Å². The number of piperidine rings is 1. The fourth-order valence-corrected chi connectivity index (χ4v) is 5.48. The van der Waals surface area contributed by atoms with Gasteiger partial charge < -0.3 is 19.5 Å². The third-order valence-electron chi connectivity index (χ3n) is 6.47. The van der Waals surface area contributed by atoms with Gasteiger partial charge >= 0.3 is 5.63 Å². The summed E-state index contributed by atoms with van der Waals surface area (Å²) in [6, 6.07) is 3.93. The van der Waals surface area contributed by atoms with E-state index in [9.17, 15) is 9.59 Å². The molecular formula is C25H33N2O4+. The van der Waals surface area contributed by atoms with Gasteiger partial charge in [-0.3, -0.25) is 4.79 Å². The highest BCUT2D eigenvalue weighted by molar-refractivity contribution is 5.96. The minimum Gasteiger partial charge on any atom is -0.464 e. The largest absolute Gasteiger partial charge is 0.464 e. The number of hydrogen-bond acceptors (Lipinski definition) is 4. The maximum absolute atomic E-state index is 12.7. The first-order valence-corrected chi connectivity index (χ1v) is 11.0. The predicted octanol–water partition coefficient (Wildman–Crippen LogP) is 3.49. The summed E-state index contributed by atoms with van der Waals surface area (Å²) in [5.41, 5.74) is 3.50. The van der Waals surface area contributed by atoms with Gasteiger partial charge in [-0.05, 0) is 65.2 Å². The number of rotatable bonds is 4. The van der Waals surface area contributed by atoms with E-state index in [0.29, 0.717) is 23.2 Å². The Bertz CT molecular complexity index is 1200. The summed E-state index contributed by atoms with van der Waals surface area (Å²) in [6.07, 6.45) is 4.20. The van der Waals surface area contributed by atoms with Crippen molar-refractivity contribution in [2.24, 2.45) is 0 Å². The molecule has 6 heteroatoms. The number of aryl methyl sites for hydroxylation is 2. The highest BCUT2D eigenvalue weighted by Crippen LogP contribution is 2.29. The molecule has 3 aromatic rings. The van der Waals surface area contributed by atoms with Crippen LogP contribution in [0.3, 0.4) is 0 Å². The van der Waals surface area contributed by atoms with Gasteiger partial charge in [0, 0.05) is 47.7 Å². The van der Waals surface area contributed by atoms with Crippen molar-refractivity contribution in [3.05, 3.63) is 45.5 Å². The molecule has 1 aliphatic rings. The van der Waals surface area contributed by atoms with E-state index in [1.54, 1.807) is 12.3 Å². The second kappa shape index (κ2) is 7.52. The summed E-state index contributed by atoms with van der Waals surface area (Å²) in [6.45, 7) is 12.8. The molecule has 1 fully saturated rings. The monoisotopic (exact) mass is 425 g/mol. The normalized spacial score (nSPS) is 18.5. The van der Waals surface area contributed by atoms with Crippen LogP contribution in [-0.4, -0.2) is 23.0 Å². The van der Waals surface area contributed by atoms with Crippen LogP contribution < -0.4 is 16.3 Å². The van der Waals surface area contributed by atoms with Crippen molar-refractivity contribution in [3.63, 3.8) is 0 Å². The molecule has 0 aliphatic carbocycles. The van der Waals surface area contributed by atoms with Crippen LogP contribution in [-0.2, 0) is 11.2 Å². The molecule has 0 radical (unpaired) electrons. The quantitative estimate of drug-likeness (QED) is 0.626. The Balaban J connectivity index is 1.52. The van der Waals surface area contributed by atoms with Crippen LogP contribution in [0.4, 0.5) is 0 Å². The Morgan fingerprint density at radius 3 is 2.45 bits per heavy atom. The molecule has 1 saturated heterocycles. The van der Waals surface area contributed by atoms with Gasteiger partial charge in [0.25, 0.3) is 0 Å². The van der Waals surface area contributed by atoms with Gasteiger partial charge in [0.05, 0.1) is 17.3 Å². The third-order valence-corrected chi connectivity index (χ3v) is 6.47. The number of carbonyl (C=O) groups is 1. The molecule has 0 saturated carbocycles. The number of carbonyl (C=O) groups excluding carboxylic acids is 1. The number of nitrogens with one attached hydrogen (secondary N) is 1. The molecule has 1 amide bonds. The van der Waals surface area contributed by atoms with Crippen LogP contribution in [0, 0.1) is 13.8 Å². The van der Waals surface area contributed by atoms with Gasteiger partial charge in [-0.2, -0.15) is 0 Å². The molecule has 31 heavy (non-hydrogen) atoms. The van der Waals surface area contributed by atoms with Crippen molar-refractivity contribution >= 4 is 27.8 Å². The number of amides is 1. The first-order valence-electron chi connectivity index (χ1n) is 11.0. The Kier molecular flexibility index (Phi) is 5.24. The molecule has 1 aromatic carbocycles. The Morgan fingerprint density at radius 2 is 1.77 bits per heavy atom. The van der Waals surface area contributed by atoms with Gasteiger partial charge in [-0.1, -0.05) is 0 Å². The Labute approximate surface area is 182 Å². The summed E-state index contributed by atoms with van der Waals surface area (Å²) in [5.74, 6) is -0.0153. The second-order valence-electron chi connectivity index (χ2n) is 10.6. The highest BCUT2D eigenvalue weighted by atomic mass is 16.4. The van der Waals surface area contributed by atoms with Crippen molar-refractivity contribution < 1.29 is 18.9 Å². The molecule has 1 aliphatic heterocycles. The van der Waals surface area contributed by atoms with Crippen LogP contribution in [0.15, 0.2) is 32.0 Å².